The lowest BCUT2D eigenvalue weighted by Crippen LogP contribution is -2.40. The zero-order chi connectivity index (χ0) is 15.2. The van der Waals surface area contributed by atoms with Crippen molar-refractivity contribution in [3.05, 3.63) is 29.8 Å². The summed E-state index contributed by atoms with van der Waals surface area (Å²) < 4.78 is 0. The maximum atomic E-state index is 6.11. The highest BCUT2D eigenvalue weighted by Crippen LogP contribution is 2.20. The van der Waals surface area contributed by atoms with E-state index in [0.717, 1.165) is 26.2 Å². The van der Waals surface area contributed by atoms with E-state index >= 15 is 0 Å². The minimum absolute atomic E-state index is 0.679. The molecule has 3 rings (SSSR count). The van der Waals surface area contributed by atoms with Crippen molar-refractivity contribution in [1.29, 1.82) is 0 Å². The van der Waals surface area contributed by atoms with Crippen LogP contribution in [0.1, 0.15) is 24.8 Å². The van der Waals surface area contributed by atoms with Gasteiger partial charge in [-0.25, -0.2) is 4.99 Å². The number of hydrogen-bond acceptors (Lipinski definition) is 3. The van der Waals surface area contributed by atoms with Crippen molar-refractivity contribution in [2.75, 3.05) is 42.6 Å². The van der Waals surface area contributed by atoms with E-state index in [-0.39, 0.29) is 0 Å². The van der Waals surface area contributed by atoms with Gasteiger partial charge in [-0.1, -0.05) is 12.1 Å². The Morgan fingerprint density at radius 3 is 2.36 bits per heavy atom. The van der Waals surface area contributed by atoms with Gasteiger partial charge in [-0.2, -0.15) is 11.8 Å². The standard InChI is InChI=1S/C17H26N4S/c18-17(21-8-2-1-3-9-21)19-14-15-4-6-16(7-5-15)20-10-12-22-13-11-20/h4-7H,1-3,8-14H2,(H2,18,19). The zero-order valence-electron chi connectivity index (χ0n) is 13.2. The molecule has 2 N–H and O–H groups in total. The van der Waals surface area contributed by atoms with Crippen molar-refractivity contribution in [2.24, 2.45) is 10.7 Å². The highest BCUT2D eigenvalue weighted by atomic mass is 32.2. The molecular weight excluding hydrogens is 292 g/mol. The summed E-state index contributed by atoms with van der Waals surface area (Å²) in [4.78, 5) is 9.24. The first-order chi connectivity index (χ1) is 10.8. The molecule has 2 heterocycles. The number of anilines is 1. The molecule has 0 bridgehead atoms. The Hall–Kier alpha value is -1.36. The van der Waals surface area contributed by atoms with Crippen LogP contribution >= 0.6 is 11.8 Å². The highest BCUT2D eigenvalue weighted by Gasteiger charge is 2.12. The number of rotatable bonds is 3. The molecule has 0 saturated carbocycles. The van der Waals surface area contributed by atoms with E-state index in [9.17, 15) is 0 Å². The molecule has 1 aromatic carbocycles. The molecule has 0 aliphatic carbocycles. The zero-order valence-corrected chi connectivity index (χ0v) is 14.0. The summed E-state index contributed by atoms with van der Waals surface area (Å²) in [5.41, 5.74) is 8.67. The van der Waals surface area contributed by atoms with Gasteiger partial charge in [0, 0.05) is 43.4 Å². The molecule has 0 radical (unpaired) electrons. The average Bonchev–Trinajstić information content (AvgIpc) is 2.61. The number of thioether (sulfide) groups is 1. The van der Waals surface area contributed by atoms with Crippen LogP contribution in [0.15, 0.2) is 29.3 Å². The van der Waals surface area contributed by atoms with Crippen LogP contribution in [0.5, 0.6) is 0 Å². The Bertz CT molecular complexity index is 488. The van der Waals surface area contributed by atoms with E-state index in [0.29, 0.717) is 12.5 Å². The fourth-order valence-electron chi connectivity index (χ4n) is 3.03. The molecule has 0 aromatic heterocycles. The minimum Gasteiger partial charge on any atom is -0.370 e. The predicted molar refractivity (Wildman–Crippen MR) is 96.7 cm³/mol. The Morgan fingerprint density at radius 1 is 1.00 bits per heavy atom. The Morgan fingerprint density at radius 2 is 1.68 bits per heavy atom. The first-order valence-electron chi connectivity index (χ1n) is 8.29. The summed E-state index contributed by atoms with van der Waals surface area (Å²) in [5.74, 6) is 3.17. The van der Waals surface area contributed by atoms with Crippen LogP contribution in [0.2, 0.25) is 0 Å². The molecule has 2 fully saturated rings. The SMILES string of the molecule is NC(=NCc1ccc(N2CCSCC2)cc1)N1CCCCC1. The normalized spacial score (nSPS) is 20.3. The number of hydrogen-bond donors (Lipinski definition) is 1. The molecule has 1 aromatic rings. The van der Waals surface area contributed by atoms with Gasteiger partial charge in [0.2, 0.25) is 0 Å². The van der Waals surface area contributed by atoms with E-state index < -0.39 is 0 Å². The van der Waals surface area contributed by atoms with Crippen molar-refractivity contribution >= 4 is 23.4 Å². The van der Waals surface area contributed by atoms with Gasteiger partial charge in [0.15, 0.2) is 5.96 Å². The summed E-state index contributed by atoms with van der Waals surface area (Å²) in [6.07, 6.45) is 3.79. The van der Waals surface area contributed by atoms with Gasteiger partial charge in [-0.3, -0.25) is 0 Å². The third-order valence-corrected chi connectivity index (χ3v) is 5.36. The van der Waals surface area contributed by atoms with Crippen molar-refractivity contribution < 1.29 is 0 Å². The van der Waals surface area contributed by atoms with Crippen LogP contribution in [0.4, 0.5) is 5.69 Å². The van der Waals surface area contributed by atoms with Gasteiger partial charge in [0.25, 0.3) is 0 Å². The van der Waals surface area contributed by atoms with Crippen molar-refractivity contribution in [1.82, 2.24) is 4.90 Å². The smallest absolute Gasteiger partial charge is 0.191 e. The number of benzene rings is 1. The second-order valence-corrected chi connectivity index (χ2v) is 7.21. The van der Waals surface area contributed by atoms with Crippen molar-refractivity contribution in [2.45, 2.75) is 25.8 Å². The summed E-state index contributed by atoms with van der Waals surface area (Å²) in [7, 11) is 0. The molecule has 120 valence electrons. The second kappa shape index (κ2) is 7.77. The largest absolute Gasteiger partial charge is 0.370 e. The Balaban J connectivity index is 1.56. The number of guanidine groups is 1. The second-order valence-electron chi connectivity index (χ2n) is 5.99. The van der Waals surface area contributed by atoms with Crippen LogP contribution in [-0.4, -0.2) is 48.5 Å². The van der Waals surface area contributed by atoms with E-state index in [4.69, 9.17) is 5.73 Å². The van der Waals surface area contributed by atoms with Gasteiger partial charge in [0.1, 0.15) is 0 Å². The lowest BCUT2D eigenvalue weighted by molar-refractivity contribution is 0.338. The van der Waals surface area contributed by atoms with Crippen LogP contribution in [0, 0.1) is 0 Å². The van der Waals surface area contributed by atoms with Crippen LogP contribution in [-0.2, 0) is 6.54 Å². The maximum Gasteiger partial charge on any atom is 0.191 e. The Labute approximate surface area is 137 Å². The van der Waals surface area contributed by atoms with Gasteiger partial charge >= 0.3 is 0 Å². The lowest BCUT2D eigenvalue weighted by Gasteiger charge is -2.28. The summed E-state index contributed by atoms with van der Waals surface area (Å²) in [6.45, 7) is 5.11. The summed E-state index contributed by atoms with van der Waals surface area (Å²) in [5, 5.41) is 0. The molecule has 0 unspecified atom stereocenters. The average molecular weight is 318 g/mol. The molecule has 0 spiro atoms. The third kappa shape index (κ3) is 4.09. The molecule has 0 atom stereocenters. The number of aliphatic imine (C=N–C) groups is 1. The summed E-state index contributed by atoms with van der Waals surface area (Å²) in [6, 6.07) is 8.81. The van der Waals surface area contributed by atoms with Gasteiger partial charge in [0.05, 0.1) is 6.54 Å². The molecule has 5 heteroatoms. The first-order valence-corrected chi connectivity index (χ1v) is 9.45. The van der Waals surface area contributed by atoms with Crippen LogP contribution in [0.25, 0.3) is 0 Å². The molecule has 0 amide bonds. The molecule has 2 aliphatic heterocycles. The summed E-state index contributed by atoms with van der Waals surface area (Å²) >= 11 is 2.04. The number of likely N-dealkylation sites (tertiary alicyclic amines) is 1. The number of piperidine rings is 1. The monoisotopic (exact) mass is 318 g/mol. The third-order valence-electron chi connectivity index (χ3n) is 4.42. The Kier molecular flexibility index (Phi) is 5.48. The van der Waals surface area contributed by atoms with Gasteiger partial charge < -0.3 is 15.5 Å². The van der Waals surface area contributed by atoms with E-state index in [1.165, 1.54) is 42.0 Å². The van der Waals surface area contributed by atoms with Crippen molar-refractivity contribution in [3.8, 4) is 0 Å². The van der Waals surface area contributed by atoms with E-state index in [1.54, 1.807) is 0 Å². The highest BCUT2D eigenvalue weighted by molar-refractivity contribution is 7.99. The fourth-order valence-corrected chi connectivity index (χ4v) is 3.93. The molecule has 4 nitrogen and oxygen atoms in total. The molecule has 2 saturated heterocycles. The quantitative estimate of drug-likeness (QED) is 0.687. The van der Waals surface area contributed by atoms with E-state index in [1.807, 2.05) is 11.8 Å². The first kappa shape index (κ1) is 15.5. The maximum absolute atomic E-state index is 6.11. The van der Waals surface area contributed by atoms with Crippen LogP contribution in [0.3, 0.4) is 0 Å². The number of nitrogens with zero attached hydrogens (tertiary/aromatic N) is 3. The predicted octanol–water partition coefficient (Wildman–Crippen LogP) is 2.54. The number of nitrogens with two attached hydrogens (primary N) is 1. The molecular formula is C17H26N4S. The van der Waals surface area contributed by atoms with Crippen molar-refractivity contribution in [3.63, 3.8) is 0 Å². The fraction of sp³-hybridized carbons (Fsp3) is 0.588. The van der Waals surface area contributed by atoms with Crippen LogP contribution < -0.4 is 10.6 Å². The molecule has 2 aliphatic rings. The van der Waals surface area contributed by atoms with Gasteiger partial charge in [-0.15, -0.1) is 0 Å². The lowest BCUT2D eigenvalue weighted by atomic mass is 10.1. The van der Waals surface area contributed by atoms with Gasteiger partial charge in [-0.05, 0) is 37.0 Å². The molecule has 22 heavy (non-hydrogen) atoms. The topological polar surface area (TPSA) is 44.9 Å². The minimum atomic E-state index is 0.679. The van der Waals surface area contributed by atoms with E-state index in [2.05, 4.69) is 39.1 Å².